The summed E-state index contributed by atoms with van der Waals surface area (Å²) in [6.45, 7) is 5.19. The van der Waals surface area contributed by atoms with Crippen molar-refractivity contribution < 1.29 is 9.53 Å². The van der Waals surface area contributed by atoms with Crippen LogP contribution >= 0.6 is 0 Å². The molecule has 1 aromatic rings. The van der Waals surface area contributed by atoms with Crippen molar-refractivity contribution in [2.24, 2.45) is 0 Å². The molecule has 1 aromatic heterocycles. The molecule has 27 heavy (non-hydrogen) atoms. The van der Waals surface area contributed by atoms with Gasteiger partial charge in [0.15, 0.2) is 0 Å². The first-order valence-electron chi connectivity index (χ1n) is 10.6. The number of likely N-dealkylation sites (tertiary alicyclic amines) is 1. The summed E-state index contributed by atoms with van der Waals surface area (Å²) in [6, 6.07) is 4.34. The summed E-state index contributed by atoms with van der Waals surface area (Å²) in [5.41, 5.74) is 1.31. The Morgan fingerprint density at radius 1 is 1.11 bits per heavy atom. The van der Waals surface area contributed by atoms with E-state index in [1.807, 2.05) is 29.4 Å². The van der Waals surface area contributed by atoms with Crippen LogP contribution in [0.5, 0.6) is 0 Å². The van der Waals surface area contributed by atoms with Gasteiger partial charge in [0.2, 0.25) is 0 Å². The highest BCUT2D eigenvalue weighted by molar-refractivity contribution is 5.75. The van der Waals surface area contributed by atoms with E-state index in [4.69, 9.17) is 4.74 Å². The minimum absolute atomic E-state index is 0.0903. The van der Waals surface area contributed by atoms with E-state index in [9.17, 15) is 4.79 Å². The van der Waals surface area contributed by atoms with E-state index in [0.29, 0.717) is 0 Å². The molecule has 1 aliphatic carbocycles. The van der Waals surface area contributed by atoms with Crippen LogP contribution in [-0.4, -0.2) is 65.7 Å². The molecule has 2 saturated heterocycles. The molecule has 1 unspecified atom stereocenters. The predicted octanol–water partition coefficient (Wildman–Crippen LogP) is 2.96. The number of pyridine rings is 1. The maximum atomic E-state index is 13.1. The number of hydrogen-bond acceptors (Lipinski definition) is 4. The van der Waals surface area contributed by atoms with Crippen LogP contribution in [0.3, 0.4) is 0 Å². The van der Waals surface area contributed by atoms with E-state index >= 15 is 0 Å². The van der Waals surface area contributed by atoms with Gasteiger partial charge in [-0.05, 0) is 43.4 Å². The van der Waals surface area contributed by atoms with E-state index in [1.165, 1.54) is 37.7 Å². The summed E-state index contributed by atoms with van der Waals surface area (Å²) >= 11 is 0. The quantitative estimate of drug-likeness (QED) is 0.883. The van der Waals surface area contributed by atoms with Crippen LogP contribution in [0.4, 0.5) is 4.79 Å². The minimum Gasteiger partial charge on any atom is -0.379 e. The topological polar surface area (TPSA) is 57.7 Å². The molecule has 1 N–H and O–H groups in total. The highest BCUT2D eigenvalue weighted by Crippen LogP contribution is 2.35. The average molecular weight is 373 g/mol. The van der Waals surface area contributed by atoms with Crippen molar-refractivity contribution >= 4 is 6.03 Å². The number of carbonyl (C=O) groups is 1. The lowest BCUT2D eigenvalue weighted by Crippen LogP contribution is -2.60. The van der Waals surface area contributed by atoms with Crippen molar-refractivity contribution in [2.45, 2.75) is 56.5 Å². The first kappa shape index (κ1) is 18.7. The molecule has 4 rings (SSSR count). The fourth-order valence-electron chi connectivity index (χ4n) is 5.14. The minimum atomic E-state index is 0.0903. The normalized spacial score (nSPS) is 26.1. The molecule has 6 heteroatoms. The van der Waals surface area contributed by atoms with E-state index in [-0.39, 0.29) is 17.6 Å². The number of amides is 2. The fraction of sp³-hybridized carbons (Fsp3) is 0.714. The SMILES string of the molecule is O=C(NCC1(N2CCOCC2)CCCCC1)N1CCCC1c1ccncc1. The number of nitrogens with zero attached hydrogens (tertiary/aromatic N) is 3. The number of rotatable bonds is 4. The predicted molar refractivity (Wildman–Crippen MR) is 105 cm³/mol. The Balaban J connectivity index is 1.41. The third-order valence-corrected chi connectivity index (χ3v) is 6.64. The number of hydrogen-bond donors (Lipinski definition) is 1. The molecule has 2 aliphatic heterocycles. The largest absolute Gasteiger partial charge is 0.379 e. The molecule has 0 radical (unpaired) electrons. The molecule has 6 nitrogen and oxygen atoms in total. The van der Waals surface area contributed by atoms with Crippen LogP contribution in [0.1, 0.15) is 56.6 Å². The number of ether oxygens (including phenoxy) is 1. The highest BCUT2D eigenvalue weighted by Gasteiger charge is 2.39. The lowest BCUT2D eigenvalue weighted by atomic mass is 9.80. The van der Waals surface area contributed by atoms with E-state index in [0.717, 1.165) is 52.2 Å². The Kier molecular flexibility index (Phi) is 5.93. The first-order valence-corrected chi connectivity index (χ1v) is 10.6. The Bertz CT molecular complexity index is 612. The lowest BCUT2D eigenvalue weighted by Gasteiger charge is -2.48. The molecule has 1 saturated carbocycles. The van der Waals surface area contributed by atoms with Crippen LogP contribution in [0, 0.1) is 0 Å². The van der Waals surface area contributed by atoms with Gasteiger partial charge in [0.05, 0.1) is 19.3 Å². The molecule has 2 amide bonds. The van der Waals surface area contributed by atoms with Crippen molar-refractivity contribution in [3.63, 3.8) is 0 Å². The molecule has 148 valence electrons. The number of morpholine rings is 1. The number of urea groups is 1. The summed E-state index contributed by atoms with van der Waals surface area (Å²) < 4.78 is 5.56. The second kappa shape index (κ2) is 8.57. The summed E-state index contributed by atoms with van der Waals surface area (Å²) in [5.74, 6) is 0. The monoisotopic (exact) mass is 372 g/mol. The highest BCUT2D eigenvalue weighted by atomic mass is 16.5. The van der Waals surface area contributed by atoms with Crippen molar-refractivity contribution in [2.75, 3.05) is 39.4 Å². The van der Waals surface area contributed by atoms with Gasteiger partial charge in [-0.2, -0.15) is 0 Å². The summed E-state index contributed by atoms with van der Waals surface area (Å²) in [4.78, 5) is 21.8. The van der Waals surface area contributed by atoms with Crippen molar-refractivity contribution in [1.29, 1.82) is 0 Å². The standard InChI is InChI=1S/C21H32N4O2/c26-20(25-12-4-5-19(25)18-6-10-22-11-7-18)23-17-21(8-2-1-3-9-21)24-13-15-27-16-14-24/h6-7,10-11,19H,1-5,8-9,12-17H2,(H,23,26). The zero-order valence-corrected chi connectivity index (χ0v) is 16.2. The van der Waals surface area contributed by atoms with Crippen LogP contribution < -0.4 is 5.32 Å². The third-order valence-electron chi connectivity index (χ3n) is 6.64. The van der Waals surface area contributed by atoms with E-state index in [1.54, 1.807) is 0 Å². The molecule has 3 aliphatic rings. The molecular weight excluding hydrogens is 340 g/mol. The Labute approximate surface area is 162 Å². The smallest absolute Gasteiger partial charge is 0.317 e. The Morgan fingerprint density at radius 2 is 1.85 bits per heavy atom. The molecule has 1 atom stereocenters. The fourth-order valence-corrected chi connectivity index (χ4v) is 5.14. The van der Waals surface area contributed by atoms with Gasteiger partial charge in [-0.3, -0.25) is 9.88 Å². The first-order chi connectivity index (χ1) is 13.3. The zero-order valence-electron chi connectivity index (χ0n) is 16.2. The lowest BCUT2D eigenvalue weighted by molar-refractivity contribution is -0.0360. The number of aromatic nitrogens is 1. The van der Waals surface area contributed by atoms with E-state index < -0.39 is 0 Å². The van der Waals surface area contributed by atoms with E-state index in [2.05, 4.69) is 15.2 Å². The maximum Gasteiger partial charge on any atom is 0.317 e. The van der Waals surface area contributed by atoms with Crippen LogP contribution in [-0.2, 0) is 4.74 Å². The van der Waals surface area contributed by atoms with Gasteiger partial charge in [-0.15, -0.1) is 0 Å². The summed E-state index contributed by atoms with van der Waals surface area (Å²) in [6.07, 6.45) is 11.9. The molecule has 3 fully saturated rings. The molecular formula is C21H32N4O2. The number of nitrogens with one attached hydrogen (secondary N) is 1. The van der Waals surface area contributed by atoms with Crippen molar-refractivity contribution in [1.82, 2.24) is 20.1 Å². The molecule has 0 spiro atoms. The van der Waals surface area contributed by atoms with Crippen molar-refractivity contribution in [3.05, 3.63) is 30.1 Å². The van der Waals surface area contributed by atoms with Gasteiger partial charge >= 0.3 is 6.03 Å². The van der Waals surface area contributed by atoms with Crippen LogP contribution in [0.2, 0.25) is 0 Å². The second-order valence-electron chi connectivity index (χ2n) is 8.18. The van der Waals surface area contributed by atoms with Crippen molar-refractivity contribution in [3.8, 4) is 0 Å². The van der Waals surface area contributed by atoms with Gasteiger partial charge in [0, 0.05) is 44.1 Å². The molecule has 0 bridgehead atoms. The van der Waals surface area contributed by atoms with Gasteiger partial charge in [-0.1, -0.05) is 19.3 Å². The van der Waals surface area contributed by atoms with Gasteiger partial charge in [0.25, 0.3) is 0 Å². The third kappa shape index (κ3) is 4.11. The van der Waals surface area contributed by atoms with Crippen LogP contribution in [0.25, 0.3) is 0 Å². The van der Waals surface area contributed by atoms with Crippen LogP contribution in [0.15, 0.2) is 24.5 Å². The Hall–Kier alpha value is -1.66. The summed E-state index contributed by atoms with van der Waals surface area (Å²) in [7, 11) is 0. The molecule has 3 heterocycles. The average Bonchev–Trinajstić information content (AvgIpc) is 3.24. The molecule has 0 aromatic carbocycles. The van der Waals surface area contributed by atoms with Gasteiger partial charge in [-0.25, -0.2) is 4.79 Å². The zero-order chi connectivity index (χ0) is 18.5. The maximum absolute atomic E-state index is 13.1. The second-order valence-corrected chi connectivity index (χ2v) is 8.18. The summed E-state index contributed by atoms with van der Waals surface area (Å²) in [5, 5.41) is 3.32. The van der Waals surface area contributed by atoms with Gasteiger partial charge < -0.3 is 15.0 Å². The van der Waals surface area contributed by atoms with Gasteiger partial charge in [0.1, 0.15) is 0 Å². The Morgan fingerprint density at radius 3 is 2.59 bits per heavy atom. The number of carbonyl (C=O) groups excluding carboxylic acids is 1.